The average Bonchev–Trinajstić information content (AvgIpc) is 2.13. The van der Waals surface area contributed by atoms with Gasteiger partial charge in [-0.1, -0.05) is 6.58 Å². The molecule has 0 saturated heterocycles. The van der Waals surface area contributed by atoms with Gasteiger partial charge in [0.15, 0.2) is 0 Å². The monoisotopic (exact) mass is 303 g/mol. The van der Waals surface area contributed by atoms with E-state index in [0.29, 0.717) is 0 Å². The molecule has 0 saturated carbocycles. The second-order valence-corrected chi connectivity index (χ2v) is 5.53. The van der Waals surface area contributed by atoms with Gasteiger partial charge in [0.25, 0.3) is 10.0 Å². The highest BCUT2D eigenvalue weighted by Crippen LogP contribution is 2.47. The summed E-state index contributed by atoms with van der Waals surface area (Å²) in [6.07, 6.45) is -0.699. The van der Waals surface area contributed by atoms with E-state index in [2.05, 4.69) is 11.7 Å². The van der Waals surface area contributed by atoms with Crippen LogP contribution in [0.3, 0.4) is 0 Å². The first kappa shape index (κ1) is 16.2. The van der Waals surface area contributed by atoms with Crippen LogP contribution in [-0.4, -0.2) is 33.0 Å². The molecule has 0 bridgehead atoms. The van der Waals surface area contributed by atoms with E-state index in [4.69, 9.17) is 0 Å². The Balaban J connectivity index is 6.18. The summed E-state index contributed by atoms with van der Waals surface area (Å²) in [7, 11) is -11.0. The van der Waals surface area contributed by atoms with Gasteiger partial charge in [-0.3, -0.25) is 0 Å². The van der Waals surface area contributed by atoms with Crippen molar-refractivity contribution in [1.82, 2.24) is 0 Å². The van der Waals surface area contributed by atoms with Crippen LogP contribution in [0, 0.1) is 0 Å². The highest BCUT2D eigenvalue weighted by molar-refractivity contribution is 7.90. The number of sulfonamides is 1. The number of hydrogen-bond acceptors (Lipinski definition) is 4. The molecule has 1 atom stereocenters. The fourth-order valence-corrected chi connectivity index (χ4v) is 1.93. The van der Waals surface area contributed by atoms with Gasteiger partial charge >= 0.3 is 16.2 Å². The summed E-state index contributed by atoms with van der Waals surface area (Å²) >= 11 is 0. The van der Waals surface area contributed by atoms with Crippen molar-refractivity contribution in [2.24, 2.45) is 5.14 Å². The van der Waals surface area contributed by atoms with Gasteiger partial charge in [0.2, 0.25) is 10.7 Å². The number of alkyl halides is 5. The van der Waals surface area contributed by atoms with Crippen LogP contribution in [0.1, 0.15) is 0 Å². The fraction of sp³-hybridized carbons (Fsp3) is 0.600. The Kier molecular flexibility index (Phi) is 3.99. The maximum absolute atomic E-state index is 13.3. The van der Waals surface area contributed by atoms with Crippen molar-refractivity contribution in [3.63, 3.8) is 0 Å². The zero-order valence-electron chi connectivity index (χ0n) is 7.74. The van der Waals surface area contributed by atoms with Crippen LogP contribution in [0.5, 0.6) is 0 Å². The van der Waals surface area contributed by atoms with Gasteiger partial charge in [0, 0.05) is 0 Å². The summed E-state index contributed by atoms with van der Waals surface area (Å²) in [5.74, 6) is -6.12. The molecule has 0 radical (unpaired) electrons. The first-order chi connectivity index (χ1) is 7.25. The van der Waals surface area contributed by atoms with Gasteiger partial charge in [-0.2, -0.15) is 17.6 Å². The Morgan fingerprint density at radius 3 is 1.65 bits per heavy atom. The molecule has 0 aromatic heterocycles. The van der Waals surface area contributed by atoms with Gasteiger partial charge in [0.05, 0.1) is 0 Å². The van der Waals surface area contributed by atoms with E-state index in [9.17, 15) is 38.8 Å². The minimum absolute atomic E-state index is 0.699. The van der Waals surface area contributed by atoms with Gasteiger partial charge in [-0.25, -0.2) is 26.4 Å². The zero-order valence-corrected chi connectivity index (χ0v) is 9.45. The van der Waals surface area contributed by atoms with Crippen molar-refractivity contribution in [2.75, 3.05) is 0 Å². The van der Waals surface area contributed by atoms with Crippen molar-refractivity contribution in [3.8, 4) is 0 Å². The van der Waals surface area contributed by atoms with Gasteiger partial charge in [0.1, 0.15) is 0 Å². The molecular weight excluding hydrogens is 297 g/mol. The van der Waals surface area contributed by atoms with Crippen LogP contribution in [0.4, 0.5) is 22.0 Å². The van der Waals surface area contributed by atoms with E-state index in [1.165, 1.54) is 0 Å². The molecule has 0 aromatic rings. The average molecular weight is 303 g/mol. The van der Waals surface area contributed by atoms with Crippen LogP contribution < -0.4 is 5.14 Å². The second-order valence-electron chi connectivity index (χ2n) is 2.77. The number of nitrogens with two attached hydrogens (primary N) is 1. The first-order valence-corrected chi connectivity index (χ1v) is 6.23. The highest BCUT2D eigenvalue weighted by atomic mass is 32.2. The molecule has 0 aromatic carbocycles. The topological polar surface area (TPSA) is 94.3 Å². The molecule has 0 fully saturated rings. The van der Waals surface area contributed by atoms with Crippen molar-refractivity contribution in [3.05, 3.63) is 12.7 Å². The summed E-state index contributed by atoms with van der Waals surface area (Å²) in [5.41, 5.74) is 0. The molecule has 2 N–H and O–H groups in total. The molecule has 0 spiro atoms. The molecule has 0 rings (SSSR count). The van der Waals surface area contributed by atoms with E-state index in [-0.39, 0.29) is 0 Å². The van der Waals surface area contributed by atoms with Crippen LogP contribution in [-0.2, 0) is 20.7 Å². The second kappa shape index (κ2) is 4.17. The minimum atomic E-state index is -6.12. The summed E-state index contributed by atoms with van der Waals surface area (Å²) < 4.78 is 105. The fourth-order valence-electron chi connectivity index (χ4n) is 0.743. The first-order valence-electron chi connectivity index (χ1n) is 3.50. The third-order valence-electron chi connectivity index (χ3n) is 1.71. The summed E-state index contributed by atoms with van der Waals surface area (Å²) in [4.78, 5) is 0. The Bertz CT molecular complexity index is 490. The number of rotatable bonds is 5. The van der Waals surface area contributed by atoms with E-state index >= 15 is 0 Å². The zero-order chi connectivity index (χ0) is 14.3. The lowest BCUT2D eigenvalue weighted by molar-refractivity contribution is -0.194. The van der Waals surface area contributed by atoms with Crippen molar-refractivity contribution >= 4 is 20.7 Å². The predicted octanol–water partition coefficient (Wildman–Crippen LogP) is -0.0338. The Hall–Kier alpha value is -0.750. The van der Waals surface area contributed by atoms with Crippen LogP contribution in [0.15, 0.2) is 12.7 Å². The lowest BCUT2D eigenvalue weighted by Gasteiger charge is -2.31. The third-order valence-corrected chi connectivity index (χ3v) is 3.70. The molecule has 0 aliphatic carbocycles. The smallest absolute Gasteiger partial charge is 0.225 e. The van der Waals surface area contributed by atoms with Crippen molar-refractivity contribution in [2.45, 2.75) is 16.2 Å². The van der Waals surface area contributed by atoms with E-state index in [0.717, 1.165) is 0 Å². The number of thiol groups is 1. The van der Waals surface area contributed by atoms with E-state index in [1.54, 1.807) is 0 Å². The van der Waals surface area contributed by atoms with Crippen molar-refractivity contribution < 1.29 is 38.8 Å². The predicted molar refractivity (Wildman–Crippen MR) is 47.4 cm³/mol. The van der Waals surface area contributed by atoms with Crippen LogP contribution in [0.25, 0.3) is 0 Å². The molecule has 0 aliphatic rings. The molecular formula is C5H6F5NO4S2. The quantitative estimate of drug-likeness (QED) is 0.423. The minimum Gasteiger partial charge on any atom is -0.225 e. The molecule has 0 heterocycles. The highest BCUT2D eigenvalue weighted by Gasteiger charge is 2.75. The van der Waals surface area contributed by atoms with Gasteiger partial charge in [-0.15, -0.1) is 0 Å². The van der Waals surface area contributed by atoms with Crippen LogP contribution in [0.2, 0.25) is 0 Å². The summed E-state index contributed by atoms with van der Waals surface area (Å²) in [6, 6.07) is 0. The SMILES string of the molecule is C=CC(F)(C(F)(F)C(F)(F)[SH](=O)=O)S(N)(=O)=O. The Labute approximate surface area is 94.1 Å². The summed E-state index contributed by atoms with van der Waals surface area (Å²) in [6.45, 7) is 2.29. The maximum atomic E-state index is 13.3. The molecule has 1 unspecified atom stereocenters. The normalized spacial score (nSPS) is 17.8. The standard InChI is InChI=1S/C5H6F5NO4S2/c1-2-3(6,17(11,14)15)4(7,8)5(9,10)16(12)13/h2,16H,1H2,(H2,11,14,15). The Morgan fingerprint density at radius 2 is 1.47 bits per heavy atom. The number of primary sulfonamides is 1. The molecule has 5 nitrogen and oxygen atoms in total. The van der Waals surface area contributed by atoms with E-state index < -0.39 is 43.0 Å². The largest absolute Gasteiger partial charge is 0.409 e. The lowest BCUT2D eigenvalue weighted by Crippen LogP contribution is -2.61. The summed E-state index contributed by atoms with van der Waals surface area (Å²) in [5, 5.41) is -7.04. The molecule has 0 aliphatic heterocycles. The van der Waals surface area contributed by atoms with Crippen molar-refractivity contribution in [1.29, 1.82) is 0 Å². The van der Waals surface area contributed by atoms with Gasteiger partial charge < -0.3 is 0 Å². The lowest BCUT2D eigenvalue weighted by atomic mass is 10.2. The number of halogens is 5. The molecule has 12 heteroatoms. The molecule has 0 amide bonds. The third kappa shape index (κ3) is 2.15. The Morgan fingerprint density at radius 1 is 1.12 bits per heavy atom. The van der Waals surface area contributed by atoms with Crippen LogP contribution >= 0.6 is 0 Å². The molecule has 102 valence electrons. The number of hydrogen-bond donors (Lipinski definition) is 2. The molecule has 17 heavy (non-hydrogen) atoms. The maximum Gasteiger partial charge on any atom is 0.409 e. The van der Waals surface area contributed by atoms with E-state index in [1.807, 2.05) is 0 Å². The van der Waals surface area contributed by atoms with Gasteiger partial charge in [-0.05, 0) is 6.08 Å².